The van der Waals surface area contributed by atoms with Crippen LogP contribution in [0, 0.1) is 31.6 Å². The number of ether oxygens (including phenoxy) is 1. The van der Waals surface area contributed by atoms with E-state index in [2.05, 4.69) is 9.82 Å². The van der Waals surface area contributed by atoms with Gasteiger partial charge in [0.1, 0.15) is 4.90 Å². The van der Waals surface area contributed by atoms with Gasteiger partial charge in [-0.25, -0.2) is 13.1 Å². The summed E-state index contributed by atoms with van der Waals surface area (Å²) in [6, 6.07) is -0.384. The van der Waals surface area contributed by atoms with Gasteiger partial charge in [0.25, 0.3) is 0 Å². The minimum absolute atomic E-state index is 0.205. The molecule has 2 saturated carbocycles. The van der Waals surface area contributed by atoms with Crippen molar-refractivity contribution >= 4 is 16.0 Å². The summed E-state index contributed by atoms with van der Waals surface area (Å²) in [5, 5.41) is 4.18. The Kier molecular flexibility index (Phi) is 4.00. The molecular weight excluding hydrogens is 318 g/mol. The predicted molar refractivity (Wildman–Crippen MR) is 83.1 cm³/mol. The summed E-state index contributed by atoms with van der Waals surface area (Å²) in [4.78, 5) is 12.3. The van der Waals surface area contributed by atoms with E-state index in [-0.39, 0.29) is 34.7 Å². The number of carbonyl (C=O) groups is 1. The maximum absolute atomic E-state index is 12.9. The fraction of sp³-hybridized carbons (Fsp3) is 0.733. The molecule has 1 aromatic heterocycles. The van der Waals surface area contributed by atoms with Crippen molar-refractivity contribution in [2.75, 3.05) is 7.11 Å². The lowest BCUT2D eigenvalue weighted by Crippen LogP contribution is -2.47. The van der Waals surface area contributed by atoms with E-state index in [0.717, 1.165) is 19.3 Å². The maximum Gasteiger partial charge on any atom is 0.310 e. The molecule has 0 spiro atoms. The summed E-state index contributed by atoms with van der Waals surface area (Å²) < 4.78 is 35.0. The lowest BCUT2D eigenvalue weighted by Gasteiger charge is -2.29. The molecule has 2 aliphatic carbocycles. The van der Waals surface area contributed by atoms with Crippen LogP contribution in [0.2, 0.25) is 0 Å². The van der Waals surface area contributed by atoms with Crippen LogP contribution >= 0.6 is 0 Å². The lowest BCUT2D eigenvalue weighted by molar-refractivity contribution is -0.148. The Morgan fingerprint density at radius 1 is 1.30 bits per heavy atom. The molecule has 1 heterocycles. The summed E-state index contributed by atoms with van der Waals surface area (Å²) in [7, 11) is -0.648. The number of nitrogens with zero attached hydrogens (tertiary/aromatic N) is 2. The van der Waals surface area contributed by atoms with Gasteiger partial charge in [-0.05, 0) is 44.9 Å². The summed E-state index contributed by atoms with van der Waals surface area (Å²) >= 11 is 0. The third-order valence-electron chi connectivity index (χ3n) is 5.39. The number of sulfonamides is 1. The Morgan fingerprint density at radius 3 is 2.52 bits per heavy atom. The second-order valence-electron chi connectivity index (χ2n) is 6.65. The van der Waals surface area contributed by atoms with Crippen LogP contribution in [-0.4, -0.2) is 37.3 Å². The molecule has 0 saturated heterocycles. The Bertz CT molecular complexity index is 740. The zero-order valence-corrected chi connectivity index (χ0v) is 14.7. The highest BCUT2D eigenvalue weighted by atomic mass is 32.2. The number of fused-ring (bicyclic) bond motifs is 2. The van der Waals surface area contributed by atoms with Gasteiger partial charge in [0.15, 0.2) is 0 Å². The maximum atomic E-state index is 12.9. The first-order valence-corrected chi connectivity index (χ1v) is 9.35. The van der Waals surface area contributed by atoms with Crippen LogP contribution < -0.4 is 4.72 Å². The van der Waals surface area contributed by atoms with Crippen LogP contribution in [0.5, 0.6) is 0 Å². The molecule has 2 fully saturated rings. The van der Waals surface area contributed by atoms with Crippen LogP contribution in [-0.2, 0) is 26.6 Å². The Balaban J connectivity index is 1.92. The van der Waals surface area contributed by atoms with Crippen LogP contribution in [0.1, 0.15) is 30.7 Å². The van der Waals surface area contributed by atoms with Crippen molar-refractivity contribution in [2.24, 2.45) is 24.8 Å². The van der Waals surface area contributed by atoms with Crippen LogP contribution in [0.3, 0.4) is 0 Å². The molecule has 1 N–H and O–H groups in total. The van der Waals surface area contributed by atoms with E-state index < -0.39 is 10.0 Å². The summed E-state index contributed by atoms with van der Waals surface area (Å²) in [6.07, 6.45) is 2.81. The van der Waals surface area contributed by atoms with Gasteiger partial charge < -0.3 is 4.74 Å². The normalized spacial score (nSPS) is 29.9. The molecule has 4 atom stereocenters. The van der Waals surface area contributed by atoms with Crippen LogP contribution in [0.4, 0.5) is 0 Å². The smallest absolute Gasteiger partial charge is 0.310 e. The molecule has 0 radical (unpaired) electrons. The van der Waals surface area contributed by atoms with Gasteiger partial charge >= 0.3 is 5.97 Å². The van der Waals surface area contributed by atoms with Crippen LogP contribution in [0.15, 0.2) is 4.90 Å². The van der Waals surface area contributed by atoms with E-state index >= 15 is 0 Å². The number of methoxy groups -OCH3 is 1. The van der Waals surface area contributed by atoms with Gasteiger partial charge in [-0.2, -0.15) is 5.10 Å². The largest absolute Gasteiger partial charge is 0.469 e. The number of esters is 1. The number of nitrogens with one attached hydrogen (secondary N) is 1. The second kappa shape index (κ2) is 5.59. The zero-order valence-electron chi connectivity index (χ0n) is 13.9. The van der Waals surface area contributed by atoms with Crippen molar-refractivity contribution in [3.05, 3.63) is 11.4 Å². The van der Waals surface area contributed by atoms with Gasteiger partial charge in [-0.3, -0.25) is 9.48 Å². The Hall–Kier alpha value is -1.41. The molecule has 8 heteroatoms. The second-order valence-corrected chi connectivity index (χ2v) is 8.30. The minimum Gasteiger partial charge on any atom is -0.469 e. The van der Waals surface area contributed by atoms with E-state index in [1.807, 2.05) is 0 Å². The third kappa shape index (κ3) is 2.57. The van der Waals surface area contributed by atoms with Crippen molar-refractivity contribution in [2.45, 2.75) is 44.0 Å². The third-order valence-corrected chi connectivity index (χ3v) is 7.10. The summed E-state index contributed by atoms with van der Waals surface area (Å²) in [5.74, 6) is -0.275. The first-order valence-electron chi connectivity index (χ1n) is 7.86. The Morgan fingerprint density at radius 2 is 1.96 bits per heavy atom. The number of aromatic nitrogens is 2. The lowest BCUT2D eigenvalue weighted by atomic mass is 9.85. The van der Waals surface area contributed by atoms with Crippen molar-refractivity contribution in [1.82, 2.24) is 14.5 Å². The fourth-order valence-corrected chi connectivity index (χ4v) is 6.08. The van der Waals surface area contributed by atoms with Gasteiger partial charge in [0, 0.05) is 13.1 Å². The molecule has 2 aliphatic rings. The van der Waals surface area contributed by atoms with E-state index in [1.54, 1.807) is 25.6 Å². The molecule has 0 amide bonds. The SMILES string of the molecule is COC(=O)[C@H]1[C@H]2CC[C@@H](C2)[C@@H]1NS(=O)(=O)c1c(C)nn(C)c1C. The van der Waals surface area contributed by atoms with Gasteiger partial charge in [0.05, 0.1) is 24.4 Å². The molecule has 23 heavy (non-hydrogen) atoms. The number of carbonyl (C=O) groups excluding carboxylic acids is 1. The topological polar surface area (TPSA) is 90.3 Å². The molecule has 7 nitrogen and oxygen atoms in total. The molecule has 128 valence electrons. The fourth-order valence-electron chi connectivity index (χ4n) is 4.32. The van der Waals surface area contributed by atoms with E-state index in [1.165, 1.54) is 7.11 Å². The highest BCUT2D eigenvalue weighted by Crippen LogP contribution is 2.49. The van der Waals surface area contributed by atoms with Crippen molar-refractivity contribution in [1.29, 1.82) is 0 Å². The molecule has 1 aromatic rings. The highest BCUT2D eigenvalue weighted by Gasteiger charge is 2.52. The average Bonchev–Trinajstić information content (AvgIpc) is 3.12. The summed E-state index contributed by atoms with van der Waals surface area (Å²) in [5.41, 5.74) is 1.06. The highest BCUT2D eigenvalue weighted by molar-refractivity contribution is 7.89. The molecule has 2 bridgehead atoms. The van der Waals surface area contributed by atoms with E-state index in [0.29, 0.717) is 11.4 Å². The minimum atomic E-state index is -3.72. The van der Waals surface area contributed by atoms with Crippen molar-refractivity contribution in [3.8, 4) is 0 Å². The standard InChI is InChI=1S/C15H23N3O4S/c1-8-14(9(2)18(3)16-8)23(20,21)17-13-11-6-5-10(7-11)12(13)15(19)22-4/h10-13,17H,5-7H2,1-4H3/t10-,11-,12-,13-/m0/s1. The first kappa shape index (κ1) is 16.4. The van der Waals surface area contributed by atoms with E-state index in [4.69, 9.17) is 4.74 Å². The zero-order chi connectivity index (χ0) is 16.9. The van der Waals surface area contributed by atoms with Gasteiger partial charge in [-0.1, -0.05) is 0 Å². The molecule has 0 aliphatic heterocycles. The Labute approximate surface area is 136 Å². The monoisotopic (exact) mass is 341 g/mol. The first-order chi connectivity index (χ1) is 10.8. The number of hydrogen-bond donors (Lipinski definition) is 1. The summed E-state index contributed by atoms with van der Waals surface area (Å²) in [6.45, 7) is 3.41. The average molecular weight is 341 g/mol. The van der Waals surface area contributed by atoms with Crippen molar-refractivity contribution in [3.63, 3.8) is 0 Å². The predicted octanol–water partition coefficient (Wildman–Crippen LogP) is 0.903. The quantitative estimate of drug-likeness (QED) is 0.822. The van der Waals surface area contributed by atoms with E-state index in [9.17, 15) is 13.2 Å². The van der Waals surface area contributed by atoms with Crippen LogP contribution in [0.25, 0.3) is 0 Å². The molecule has 3 rings (SSSR count). The molecule has 0 unspecified atom stereocenters. The molecular formula is C15H23N3O4S. The van der Waals surface area contributed by atoms with Gasteiger partial charge in [0.2, 0.25) is 10.0 Å². The number of rotatable bonds is 4. The number of aryl methyl sites for hydroxylation is 2. The van der Waals surface area contributed by atoms with Crippen molar-refractivity contribution < 1.29 is 17.9 Å². The molecule has 0 aromatic carbocycles. The van der Waals surface area contributed by atoms with Gasteiger partial charge in [-0.15, -0.1) is 0 Å². The number of hydrogen-bond acceptors (Lipinski definition) is 5.